The maximum atomic E-state index is 13.2. The lowest BCUT2D eigenvalue weighted by atomic mass is 9.55. The van der Waals surface area contributed by atoms with E-state index in [4.69, 9.17) is 0 Å². The highest BCUT2D eigenvalue weighted by Gasteiger charge is 2.55. The Morgan fingerprint density at radius 2 is 1.71 bits per heavy atom. The van der Waals surface area contributed by atoms with Gasteiger partial charge in [-0.1, -0.05) is 57.9 Å². The molecule has 2 aromatic rings. The molecule has 8 heteroatoms. The summed E-state index contributed by atoms with van der Waals surface area (Å²) >= 11 is 0. The molecular weight excluding hydrogens is 409 g/mol. The van der Waals surface area contributed by atoms with E-state index in [0.29, 0.717) is 11.1 Å². The third-order valence-electron chi connectivity index (χ3n) is 6.45. The van der Waals surface area contributed by atoms with Gasteiger partial charge in [-0.25, -0.2) is 5.10 Å². The predicted octanol–water partition coefficient (Wildman–Crippen LogP) is 4.94. The largest absolute Gasteiger partial charge is 0.481 e. The molecule has 0 amide bonds. The number of halogens is 3. The molecule has 1 aromatic heterocycles. The first kappa shape index (κ1) is 23.0. The van der Waals surface area contributed by atoms with Crippen LogP contribution in [0.4, 0.5) is 13.2 Å². The molecule has 3 rings (SSSR count). The van der Waals surface area contributed by atoms with Gasteiger partial charge in [-0.3, -0.25) is 9.59 Å². The number of aromatic nitrogens is 2. The van der Waals surface area contributed by atoms with Crippen LogP contribution in [-0.4, -0.2) is 21.3 Å². The zero-order chi connectivity index (χ0) is 23.0. The van der Waals surface area contributed by atoms with E-state index in [1.54, 1.807) is 24.3 Å². The van der Waals surface area contributed by atoms with Crippen LogP contribution in [0.5, 0.6) is 0 Å². The fourth-order valence-corrected chi connectivity index (χ4v) is 5.19. The summed E-state index contributed by atoms with van der Waals surface area (Å²) in [6, 6.07) is 7.62. The molecule has 2 N–H and O–H groups in total. The summed E-state index contributed by atoms with van der Waals surface area (Å²) in [6.07, 6.45) is -1.18. The van der Waals surface area contributed by atoms with Crippen molar-refractivity contribution in [3.05, 3.63) is 63.1 Å². The van der Waals surface area contributed by atoms with Crippen LogP contribution in [0.1, 0.15) is 68.8 Å². The SMILES string of the molecule is CC(C)(C)C(C(=O)O)(c1ccc(Cc2cc(=O)[nH]nc2C(F)(F)F)cc1)C1CCCC1. The number of alkyl halides is 3. The Kier molecular flexibility index (Phi) is 6.04. The summed E-state index contributed by atoms with van der Waals surface area (Å²) in [5.74, 6) is -0.887. The summed E-state index contributed by atoms with van der Waals surface area (Å²) in [4.78, 5) is 24.2. The second-order valence-corrected chi connectivity index (χ2v) is 9.32. The van der Waals surface area contributed by atoms with Gasteiger partial charge in [0.1, 0.15) is 5.41 Å². The quantitative estimate of drug-likeness (QED) is 0.696. The van der Waals surface area contributed by atoms with Crippen LogP contribution in [0.15, 0.2) is 35.1 Å². The molecule has 1 unspecified atom stereocenters. The van der Waals surface area contributed by atoms with Crippen molar-refractivity contribution in [1.29, 1.82) is 0 Å². The van der Waals surface area contributed by atoms with Gasteiger partial charge in [-0.2, -0.15) is 18.3 Å². The second kappa shape index (κ2) is 8.13. The zero-order valence-electron chi connectivity index (χ0n) is 17.8. The van der Waals surface area contributed by atoms with Crippen LogP contribution < -0.4 is 5.56 Å². The molecule has 0 bridgehead atoms. The van der Waals surface area contributed by atoms with E-state index in [0.717, 1.165) is 31.7 Å². The number of hydrogen-bond donors (Lipinski definition) is 2. The number of carboxylic acids is 1. The summed E-state index contributed by atoms with van der Waals surface area (Å²) in [5, 5.41) is 15.4. The number of hydrogen-bond acceptors (Lipinski definition) is 3. The number of H-pyrrole nitrogens is 1. The van der Waals surface area contributed by atoms with E-state index < -0.39 is 34.2 Å². The van der Waals surface area contributed by atoms with E-state index in [-0.39, 0.29) is 17.9 Å². The number of nitrogens with zero attached hydrogens (tertiary/aromatic N) is 1. The van der Waals surface area contributed by atoms with Crippen LogP contribution in [0, 0.1) is 11.3 Å². The van der Waals surface area contributed by atoms with E-state index >= 15 is 0 Å². The van der Waals surface area contributed by atoms with Gasteiger partial charge in [-0.05, 0) is 47.3 Å². The average Bonchev–Trinajstić information content (AvgIpc) is 3.16. The first-order chi connectivity index (χ1) is 14.4. The van der Waals surface area contributed by atoms with Gasteiger partial charge in [0.05, 0.1) is 0 Å². The number of nitrogens with one attached hydrogen (secondary N) is 1. The predicted molar refractivity (Wildman–Crippen MR) is 110 cm³/mol. The monoisotopic (exact) mass is 436 g/mol. The minimum atomic E-state index is -4.69. The third kappa shape index (κ3) is 4.25. The maximum absolute atomic E-state index is 13.2. The van der Waals surface area contributed by atoms with Crippen molar-refractivity contribution in [3.8, 4) is 0 Å². The van der Waals surface area contributed by atoms with Gasteiger partial charge in [0.15, 0.2) is 5.69 Å². The van der Waals surface area contributed by atoms with Gasteiger partial charge in [0.2, 0.25) is 0 Å². The molecule has 0 saturated heterocycles. The van der Waals surface area contributed by atoms with Crippen molar-refractivity contribution in [2.24, 2.45) is 11.3 Å². The number of aliphatic carboxylic acids is 1. The van der Waals surface area contributed by atoms with Crippen molar-refractivity contribution in [2.75, 3.05) is 0 Å². The van der Waals surface area contributed by atoms with Crippen LogP contribution in [0.3, 0.4) is 0 Å². The van der Waals surface area contributed by atoms with Crippen molar-refractivity contribution in [3.63, 3.8) is 0 Å². The highest BCUT2D eigenvalue weighted by Crippen LogP contribution is 2.52. The van der Waals surface area contributed by atoms with Gasteiger partial charge in [0.25, 0.3) is 5.56 Å². The summed E-state index contributed by atoms with van der Waals surface area (Å²) in [5.41, 5.74) is -2.51. The molecule has 1 saturated carbocycles. The minimum absolute atomic E-state index is 0.00966. The molecule has 1 fully saturated rings. The minimum Gasteiger partial charge on any atom is -0.481 e. The normalized spacial score (nSPS) is 17.5. The molecule has 0 aliphatic heterocycles. The molecule has 1 heterocycles. The van der Waals surface area contributed by atoms with E-state index in [1.165, 1.54) is 0 Å². The maximum Gasteiger partial charge on any atom is 0.435 e. The lowest BCUT2D eigenvalue weighted by Gasteiger charge is -2.46. The fourth-order valence-electron chi connectivity index (χ4n) is 5.19. The summed E-state index contributed by atoms with van der Waals surface area (Å²) < 4.78 is 39.7. The van der Waals surface area contributed by atoms with Gasteiger partial charge in [-0.15, -0.1) is 0 Å². The van der Waals surface area contributed by atoms with Crippen LogP contribution in [0.25, 0.3) is 0 Å². The molecule has 5 nitrogen and oxygen atoms in total. The number of benzene rings is 1. The third-order valence-corrected chi connectivity index (χ3v) is 6.45. The number of carbonyl (C=O) groups is 1. The van der Waals surface area contributed by atoms with Crippen LogP contribution >= 0.6 is 0 Å². The molecule has 1 aromatic carbocycles. The Bertz CT molecular complexity index is 1000. The van der Waals surface area contributed by atoms with Crippen molar-refractivity contribution in [2.45, 2.75) is 64.5 Å². The lowest BCUT2D eigenvalue weighted by molar-refractivity contribution is -0.152. The number of rotatable bonds is 5. The Hall–Kier alpha value is -2.64. The lowest BCUT2D eigenvalue weighted by Crippen LogP contribution is -2.52. The number of aromatic amines is 1. The standard InChI is InChI=1S/C23H27F3N2O3/c1-21(2,3)22(20(30)31,16-6-4-5-7-16)17-10-8-14(9-11-17)12-15-13-18(29)27-28-19(15)23(24,25)26/h8-11,13,16H,4-7,12H2,1-3H3,(H,27,29)(H,30,31). The Morgan fingerprint density at radius 1 is 1.13 bits per heavy atom. The molecule has 0 radical (unpaired) electrons. The molecule has 1 aliphatic carbocycles. The zero-order valence-corrected chi connectivity index (χ0v) is 17.8. The van der Waals surface area contributed by atoms with Crippen molar-refractivity contribution >= 4 is 5.97 Å². The Morgan fingerprint density at radius 3 is 2.19 bits per heavy atom. The first-order valence-electron chi connectivity index (χ1n) is 10.4. The molecule has 1 atom stereocenters. The smallest absolute Gasteiger partial charge is 0.435 e. The topological polar surface area (TPSA) is 83.0 Å². The van der Waals surface area contributed by atoms with Crippen molar-refractivity contribution < 1.29 is 23.1 Å². The number of carboxylic acid groups (broad SMARTS) is 1. The fraction of sp³-hybridized carbons (Fsp3) is 0.522. The first-order valence-corrected chi connectivity index (χ1v) is 10.4. The summed E-state index contributed by atoms with van der Waals surface area (Å²) in [7, 11) is 0. The van der Waals surface area contributed by atoms with E-state index in [2.05, 4.69) is 5.10 Å². The van der Waals surface area contributed by atoms with Gasteiger partial charge >= 0.3 is 12.1 Å². The van der Waals surface area contributed by atoms with E-state index in [1.807, 2.05) is 25.9 Å². The highest BCUT2D eigenvalue weighted by molar-refractivity contribution is 5.83. The van der Waals surface area contributed by atoms with Gasteiger partial charge in [0, 0.05) is 6.07 Å². The highest BCUT2D eigenvalue weighted by atomic mass is 19.4. The van der Waals surface area contributed by atoms with Gasteiger partial charge < -0.3 is 5.11 Å². The van der Waals surface area contributed by atoms with E-state index in [9.17, 15) is 27.9 Å². The molecule has 1 aliphatic rings. The summed E-state index contributed by atoms with van der Waals surface area (Å²) in [6.45, 7) is 5.76. The molecular formula is C23H27F3N2O3. The molecule has 31 heavy (non-hydrogen) atoms. The van der Waals surface area contributed by atoms with Crippen LogP contribution in [-0.2, 0) is 22.8 Å². The molecule has 0 spiro atoms. The average molecular weight is 436 g/mol. The Labute approximate surface area is 178 Å². The van der Waals surface area contributed by atoms with Crippen molar-refractivity contribution in [1.82, 2.24) is 10.2 Å². The van der Waals surface area contributed by atoms with Crippen LogP contribution in [0.2, 0.25) is 0 Å². The second-order valence-electron chi connectivity index (χ2n) is 9.32. The molecule has 168 valence electrons. The Balaban J connectivity index is 2.02.